The molecule has 0 radical (unpaired) electrons. The van der Waals surface area contributed by atoms with Crippen LogP contribution in [0.4, 0.5) is 0 Å². The third-order valence-electron chi connectivity index (χ3n) is 4.51. The molecule has 1 aromatic rings. The number of nitrogens with zero attached hydrogens (tertiary/aromatic N) is 3. The molecule has 6 nitrogen and oxygen atoms in total. The summed E-state index contributed by atoms with van der Waals surface area (Å²) < 4.78 is 25.8. The lowest BCUT2D eigenvalue weighted by Gasteiger charge is -2.35. The molecule has 3 heterocycles. The summed E-state index contributed by atoms with van der Waals surface area (Å²) in [4.78, 5) is 2.37. The molecular formula is C14H24N4O2S. The fraction of sp³-hybridized carbons (Fsp3) is 0.786. The van der Waals surface area contributed by atoms with Gasteiger partial charge in [0.2, 0.25) is 0 Å². The van der Waals surface area contributed by atoms with Crippen molar-refractivity contribution in [2.24, 2.45) is 7.05 Å². The average molecular weight is 312 g/mol. The minimum Gasteiger partial charge on any atom is -0.307 e. The van der Waals surface area contributed by atoms with E-state index in [0.717, 1.165) is 18.7 Å². The van der Waals surface area contributed by atoms with Gasteiger partial charge in [0, 0.05) is 37.4 Å². The van der Waals surface area contributed by atoms with E-state index >= 15 is 0 Å². The van der Waals surface area contributed by atoms with Crippen molar-refractivity contribution in [1.29, 1.82) is 0 Å². The van der Waals surface area contributed by atoms with Gasteiger partial charge in [-0.1, -0.05) is 6.42 Å². The molecule has 0 aliphatic carbocycles. The highest BCUT2D eigenvalue weighted by molar-refractivity contribution is 7.91. The lowest BCUT2D eigenvalue weighted by Crippen LogP contribution is -2.50. The van der Waals surface area contributed by atoms with E-state index in [1.54, 1.807) is 4.68 Å². The first-order chi connectivity index (χ1) is 10.0. The molecule has 0 amide bonds. The van der Waals surface area contributed by atoms with E-state index < -0.39 is 9.84 Å². The van der Waals surface area contributed by atoms with Crippen molar-refractivity contribution >= 4 is 9.84 Å². The highest BCUT2D eigenvalue weighted by Gasteiger charge is 2.40. The Labute approximate surface area is 126 Å². The number of aromatic nitrogens is 2. The highest BCUT2D eigenvalue weighted by Crippen LogP contribution is 2.22. The fourth-order valence-electron chi connectivity index (χ4n) is 3.45. The predicted molar refractivity (Wildman–Crippen MR) is 81.7 cm³/mol. The number of hydrogen-bond donors (Lipinski definition) is 1. The number of rotatable bonds is 4. The minimum absolute atomic E-state index is 0.0355. The van der Waals surface area contributed by atoms with Crippen molar-refractivity contribution in [2.45, 2.75) is 37.9 Å². The Hall–Kier alpha value is -0.920. The van der Waals surface area contributed by atoms with Crippen LogP contribution in [0.3, 0.4) is 0 Å². The van der Waals surface area contributed by atoms with Gasteiger partial charge in [0.25, 0.3) is 0 Å². The normalized spacial score (nSPS) is 29.8. The molecule has 2 atom stereocenters. The van der Waals surface area contributed by atoms with Gasteiger partial charge in [-0.3, -0.25) is 9.58 Å². The van der Waals surface area contributed by atoms with Crippen molar-refractivity contribution in [3.63, 3.8) is 0 Å². The van der Waals surface area contributed by atoms with Gasteiger partial charge in [0.1, 0.15) is 0 Å². The van der Waals surface area contributed by atoms with Gasteiger partial charge < -0.3 is 5.32 Å². The van der Waals surface area contributed by atoms with Crippen LogP contribution in [0.1, 0.15) is 24.8 Å². The van der Waals surface area contributed by atoms with Crippen LogP contribution in [0.2, 0.25) is 0 Å². The van der Waals surface area contributed by atoms with Gasteiger partial charge in [-0.2, -0.15) is 5.10 Å². The molecule has 0 aromatic carbocycles. The van der Waals surface area contributed by atoms with Gasteiger partial charge in [0.05, 0.1) is 17.7 Å². The summed E-state index contributed by atoms with van der Waals surface area (Å²) in [5, 5.41) is 7.59. The molecule has 2 fully saturated rings. The van der Waals surface area contributed by atoms with Crippen molar-refractivity contribution in [1.82, 2.24) is 20.0 Å². The van der Waals surface area contributed by atoms with Crippen molar-refractivity contribution in [3.8, 4) is 0 Å². The number of hydrogen-bond acceptors (Lipinski definition) is 5. The third-order valence-corrected chi connectivity index (χ3v) is 6.23. The Balaban J connectivity index is 1.65. The van der Waals surface area contributed by atoms with Crippen LogP contribution in [0.15, 0.2) is 12.4 Å². The summed E-state index contributed by atoms with van der Waals surface area (Å²) in [7, 11) is -1.03. The topological polar surface area (TPSA) is 67.2 Å². The Morgan fingerprint density at radius 2 is 2.05 bits per heavy atom. The fourth-order valence-corrected chi connectivity index (χ4v) is 5.43. The minimum atomic E-state index is -2.92. The first kappa shape index (κ1) is 15.0. The monoisotopic (exact) mass is 312 g/mol. The van der Waals surface area contributed by atoms with Crippen LogP contribution in [0.25, 0.3) is 0 Å². The molecule has 0 saturated carbocycles. The molecule has 0 unspecified atom stereocenters. The van der Waals surface area contributed by atoms with Gasteiger partial charge in [-0.25, -0.2) is 8.42 Å². The Kier molecular flexibility index (Phi) is 4.33. The van der Waals surface area contributed by atoms with E-state index in [2.05, 4.69) is 15.3 Å². The van der Waals surface area contributed by atoms with Crippen molar-refractivity contribution in [2.75, 3.05) is 24.6 Å². The van der Waals surface area contributed by atoms with Crippen molar-refractivity contribution in [3.05, 3.63) is 18.0 Å². The second kappa shape index (κ2) is 6.06. The number of sulfone groups is 1. The Morgan fingerprint density at radius 1 is 1.29 bits per heavy atom. The van der Waals surface area contributed by atoms with E-state index in [-0.39, 0.29) is 17.8 Å². The molecule has 2 aliphatic heterocycles. The lowest BCUT2D eigenvalue weighted by molar-refractivity contribution is 0.155. The van der Waals surface area contributed by atoms with Crippen LogP contribution in [0, 0.1) is 0 Å². The predicted octanol–water partition coefficient (Wildman–Crippen LogP) is 0.161. The maximum absolute atomic E-state index is 12.0. The summed E-state index contributed by atoms with van der Waals surface area (Å²) >= 11 is 0. The van der Waals surface area contributed by atoms with Gasteiger partial charge in [0.15, 0.2) is 9.84 Å². The maximum Gasteiger partial charge on any atom is 0.153 e. The second-order valence-corrected chi connectivity index (χ2v) is 8.40. The smallest absolute Gasteiger partial charge is 0.153 e. The molecule has 3 rings (SSSR count). The first-order valence-corrected chi connectivity index (χ1v) is 9.51. The highest BCUT2D eigenvalue weighted by atomic mass is 32.2. The summed E-state index contributed by atoms with van der Waals surface area (Å²) in [5.74, 6) is 0.562. The van der Waals surface area contributed by atoms with Crippen LogP contribution in [0.5, 0.6) is 0 Å². The number of piperidine rings is 1. The molecule has 1 aromatic heterocycles. The summed E-state index contributed by atoms with van der Waals surface area (Å²) in [6.45, 7) is 2.74. The van der Waals surface area contributed by atoms with E-state index in [0.29, 0.717) is 12.3 Å². The van der Waals surface area contributed by atoms with E-state index in [1.807, 2.05) is 19.4 Å². The Bertz CT molecular complexity index is 578. The van der Waals surface area contributed by atoms with Crippen LogP contribution in [-0.4, -0.2) is 59.8 Å². The molecule has 118 valence electrons. The van der Waals surface area contributed by atoms with Crippen LogP contribution in [-0.2, 0) is 23.4 Å². The zero-order valence-corrected chi connectivity index (χ0v) is 13.3. The average Bonchev–Trinajstić information content (AvgIpc) is 3.00. The molecule has 2 saturated heterocycles. The molecule has 21 heavy (non-hydrogen) atoms. The summed E-state index contributed by atoms with van der Waals surface area (Å²) in [5.41, 5.74) is 1.10. The summed E-state index contributed by atoms with van der Waals surface area (Å²) in [6, 6.07) is 0.167. The molecular weight excluding hydrogens is 288 g/mol. The van der Waals surface area contributed by atoms with E-state index in [1.165, 1.54) is 19.3 Å². The molecule has 7 heteroatoms. The summed E-state index contributed by atoms with van der Waals surface area (Å²) in [6.07, 6.45) is 7.43. The zero-order chi connectivity index (χ0) is 14.9. The maximum atomic E-state index is 12.0. The molecule has 0 bridgehead atoms. The number of likely N-dealkylation sites (tertiary alicyclic amines) is 1. The second-order valence-electron chi connectivity index (χ2n) is 6.25. The van der Waals surface area contributed by atoms with Gasteiger partial charge in [-0.05, 0) is 25.9 Å². The molecule has 2 aliphatic rings. The number of aryl methyl sites for hydroxylation is 1. The van der Waals surface area contributed by atoms with Crippen molar-refractivity contribution < 1.29 is 8.42 Å². The van der Waals surface area contributed by atoms with Crippen LogP contribution < -0.4 is 5.32 Å². The quantitative estimate of drug-likeness (QED) is 0.858. The van der Waals surface area contributed by atoms with Gasteiger partial charge in [-0.15, -0.1) is 0 Å². The Morgan fingerprint density at radius 3 is 2.71 bits per heavy atom. The number of nitrogens with one attached hydrogen (secondary N) is 1. The van der Waals surface area contributed by atoms with E-state index in [4.69, 9.17) is 0 Å². The van der Waals surface area contributed by atoms with E-state index in [9.17, 15) is 8.42 Å². The molecule has 1 N–H and O–H groups in total. The van der Waals surface area contributed by atoms with Crippen LogP contribution >= 0.6 is 0 Å². The molecule has 0 spiro atoms. The third kappa shape index (κ3) is 3.64. The largest absolute Gasteiger partial charge is 0.307 e. The first-order valence-electron chi connectivity index (χ1n) is 7.69. The zero-order valence-electron chi connectivity index (χ0n) is 12.5. The van der Waals surface area contributed by atoms with Gasteiger partial charge >= 0.3 is 0 Å². The lowest BCUT2D eigenvalue weighted by atomic mass is 10.0. The standard InChI is InChI=1S/C14H24N4O2S/c1-17-9-12(8-16-17)7-15-13-10-21(19,20)11-14(13)18-5-3-2-4-6-18/h8-9,13-15H,2-7,10-11H2,1H3/t13-,14-/m1/s1. The SMILES string of the molecule is Cn1cc(CN[C@@H]2CS(=O)(=O)C[C@H]2N2CCCCC2)cn1.